The number of nitrogens with one attached hydrogen (secondary N) is 1. The van der Waals surface area contributed by atoms with Gasteiger partial charge in [-0.2, -0.15) is 5.26 Å². The predicted molar refractivity (Wildman–Crippen MR) is 86.0 cm³/mol. The molecular weight excluding hydrogens is 320 g/mol. The molecule has 0 saturated carbocycles. The molecule has 0 fully saturated rings. The summed E-state index contributed by atoms with van der Waals surface area (Å²) in [5.41, 5.74) is 1.51. The van der Waals surface area contributed by atoms with Crippen molar-refractivity contribution in [1.29, 1.82) is 5.26 Å². The smallest absolute Gasteiger partial charge is 0.256 e. The maximum absolute atomic E-state index is 12.3. The first-order valence-electron chi connectivity index (χ1n) is 6.35. The summed E-state index contributed by atoms with van der Waals surface area (Å²) in [5, 5.41) is 12.3. The largest absolute Gasteiger partial charge is 0.312 e. The van der Waals surface area contributed by atoms with Gasteiger partial charge in [-0.15, -0.1) is 11.3 Å². The Hall–Kier alpha value is -2.17. The van der Waals surface area contributed by atoms with Gasteiger partial charge in [0.05, 0.1) is 10.5 Å². The van der Waals surface area contributed by atoms with Crippen molar-refractivity contribution in [3.63, 3.8) is 0 Å². The molecule has 1 aromatic heterocycles. The highest BCUT2D eigenvalue weighted by atomic mass is 32.2. The number of hydrogen-bond donors (Lipinski definition) is 1. The molecular formula is C15H14N2O3S2. The summed E-state index contributed by atoms with van der Waals surface area (Å²) < 4.78 is 23.1. The summed E-state index contributed by atoms with van der Waals surface area (Å²) in [5.74, 6) is -0.441. The van der Waals surface area contributed by atoms with E-state index >= 15 is 0 Å². The molecule has 2 rings (SSSR count). The van der Waals surface area contributed by atoms with E-state index in [-0.39, 0.29) is 10.5 Å². The molecule has 5 nitrogen and oxygen atoms in total. The second-order valence-corrected chi connectivity index (χ2v) is 8.09. The van der Waals surface area contributed by atoms with E-state index in [0.717, 1.165) is 16.7 Å². The number of carbonyl (C=O) groups is 1. The Bertz CT molecular complexity index is 890. The van der Waals surface area contributed by atoms with Crippen molar-refractivity contribution in [2.75, 3.05) is 11.6 Å². The zero-order chi connectivity index (χ0) is 16.5. The lowest BCUT2D eigenvalue weighted by Gasteiger charge is -2.05. The van der Waals surface area contributed by atoms with Crippen molar-refractivity contribution >= 4 is 32.1 Å². The van der Waals surface area contributed by atoms with Gasteiger partial charge in [-0.25, -0.2) is 8.42 Å². The predicted octanol–water partition coefficient (Wildman–Crippen LogP) is 2.89. The van der Waals surface area contributed by atoms with E-state index in [1.54, 1.807) is 0 Å². The molecule has 1 amide bonds. The lowest BCUT2D eigenvalue weighted by atomic mass is 10.2. The Balaban J connectivity index is 2.35. The van der Waals surface area contributed by atoms with Gasteiger partial charge in [0.25, 0.3) is 5.91 Å². The number of anilines is 1. The number of aryl methyl sites for hydroxylation is 1. The standard InChI is InChI=1S/C15H14N2O3S2/c1-9-10(2)21-15(13(9)8-16)17-14(18)11-5-4-6-12(7-11)22(3,19)20/h4-7H,1-3H3,(H,17,18). The molecule has 7 heteroatoms. The van der Waals surface area contributed by atoms with Gasteiger partial charge in [-0.1, -0.05) is 6.07 Å². The van der Waals surface area contributed by atoms with Crippen molar-refractivity contribution in [3.8, 4) is 6.07 Å². The Kier molecular flexibility index (Phi) is 4.35. The first kappa shape index (κ1) is 16.2. The van der Waals surface area contributed by atoms with Crippen LogP contribution in [0.15, 0.2) is 29.2 Å². The average Bonchev–Trinajstić information content (AvgIpc) is 2.72. The molecule has 0 aliphatic rings. The first-order chi connectivity index (χ1) is 10.2. The normalized spacial score (nSPS) is 11.0. The molecule has 0 spiro atoms. The lowest BCUT2D eigenvalue weighted by Crippen LogP contribution is -2.12. The van der Waals surface area contributed by atoms with Gasteiger partial charge in [0.2, 0.25) is 0 Å². The maximum atomic E-state index is 12.3. The van der Waals surface area contributed by atoms with E-state index < -0.39 is 15.7 Å². The minimum absolute atomic E-state index is 0.0826. The zero-order valence-corrected chi connectivity index (χ0v) is 13.9. The average molecular weight is 334 g/mol. The number of thiophene rings is 1. The second kappa shape index (κ2) is 5.91. The summed E-state index contributed by atoms with van der Waals surface area (Å²) in [7, 11) is -3.38. The number of hydrogen-bond acceptors (Lipinski definition) is 5. The molecule has 0 unspecified atom stereocenters. The molecule has 1 aromatic carbocycles. The summed E-state index contributed by atoms with van der Waals surface area (Å²) in [6, 6.07) is 7.88. The van der Waals surface area contributed by atoms with Gasteiger partial charge in [0, 0.05) is 16.7 Å². The van der Waals surface area contributed by atoms with E-state index in [1.807, 2.05) is 13.8 Å². The first-order valence-corrected chi connectivity index (χ1v) is 9.06. The number of rotatable bonds is 3. The summed E-state index contributed by atoms with van der Waals surface area (Å²) >= 11 is 1.33. The third kappa shape index (κ3) is 3.18. The molecule has 114 valence electrons. The van der Waals surface area contributed by atoms with Crippen LogP contribution in [-0.2, 0) is 9.84 Å². The van der Waals surface area contributed by atoms with E-state index in [1.165, 1.54) is 35.6 Å². The van der Waals surface area contributed by atoms with Crippen LogP contribution in [0.1, 0.15) is 26.4 Å². The monoisotopic (exact) mass is 334 g/mol. The lowest BCUT2D eigenvalue weighted by molar-refractivity contribution is 0.102. The zero-order valence-electron chi connectivity index (χ0n) is 12.3. The molecule has 0 aliphatic carbocycles. The number of benzene rings is 1. The number of nitrogens with zero attached hydrogens (tertiary/aromatic N) is 1. The third-order valence-corrected chi connectivity index (χ3v) is 5.48. The fourth-order valence-corrected chi connectivity index (χ4v) is 3.57. The van der Waals surface area contributed by atoms with E-state index in [4.69, 9.17) is 0 Å². The van der Waals surface area contributed by atoms with Crippen LogP contribution < -0.4 is 5.32 Å². The summed E-state index contributed by atoms with van der Waals surface area (Å²) in [6.45, 7) is 3.70. The summed E-state index contributed by atoms with van der Waals surface area (Å²) in [6.07, 6.45) is 1.09. The minimum atomic E-state index is -3.38. The Morgan fingerprint density at radius 1 is 1.32 bits per heavy atom. The van der Waals surface area contributed by atoms with Crippen molar-refractivity contribution in [1.82, 2.24) is 0 Å². The SMILES string of the molecule is Cc1sc(NC(=O)c2cccc(S(C)(=O)=O)c2)c(C#N)c1C. The molecule has 0 bridgehead atoms. The van der Waals surface area contributed by atoms with Gasteiger partial charge >= 0.3 is 0 Å². The van der Waals surface area contributed by atoms with E-state index in [9.17, 15) is 18.5 Å². The highest BCUT2D eigenvalue weighted by molar-refractivity contribution is 7.90. The van der Waals surface area contributed by atoms with Crippen LogP contribution in [0.2, 0.25) is 0 Å². The minimum Gasteiger partial charge on any atom is -0.312 e. The van der Waals surface area contributed by atoms with Crippen molar-refractivity contribution in [2.45, 2.75) is 18.7 Å². The molecule has 0 radical (unpaired) electrons. The molecule has 1 N–H and O–H groups in total. The third-order valence-electron chi connectivity index (χ3n) is 3.25. The van der Waals surface area contributed by atoms with Crippen LogP contribution in [0.4, 0.5) is 5.00 Å². The van der Waals surface area contributed by atoms with E-state index in [2.05, 4.69) is 11.4 Å². The van der Waals surface area contributed by atoms with Gasteiger partial charge < -0.3 is 5.32 Å². The fraction of sp³-hybridized carbons (Fsp3) is 0.200. The Morgan fingerprint density at radius 3 is 2.59 bits per heavy atom. The molecule has 0 saturated heterocycles. The van der Waals surface area contributed by atoms with Gasteiger partial charge in [-0.05, 0) is 37.6 Å². The Labute approximate surface area is 133 Å². The van der Waals surface area contributed by atoms with E-state index in [0.29, 0.717) is 10.6 Å². The van der Waals surface area contributed by atoms with Gasteiger partial charge in [0.1, 0.15) is 11.1 Å². The highest BCUT2D eigenvalue weighted by Gasteiger charge is 2.16. The van der Waals surface area contributed by atoms with Crippen LogP contribution >= 0.6 is 11.3 Å². The van der Waals surface area contributed by atoms with Crippen LogP contribution in [0.25, 0.3) is 0 Å². The van der Waals surface area contributed by atoms with Crippen molar-refractivity contribution in [3.05, 3.63) is 45.8 Å². The fourth-order valence-electron chi connectivity index (χ4n) is 1.89. The van der Waals surface area contributed by atoms with Crippen LogP contribution in [0.3, 0.4) is 0 Å². The highest BCUT2D eigenvalue weighted by Crippen LogP contribution is 2.32. The Morgan fingerprint density at radius 2 is 2.00 bits per heavy atom. The maximum Gasteiger partial charge on any atom is 0.256 e. The van der Waals surface area contributed by atoms with Gasteiger partial charge in [0.15, 0.2) is 9.84 Å². The number of amides is 1. The number of carbonyl (C=O) groups excluding carboxylic acids is 1. The molecule has 1 heterocycles. The number of nitriles is 1. The van der Waals surface area contributed by atoms with Gasteiger partial charge in [-0.3, -0.25) is 4.79 Å². The van der Waals surface area contributed by atoms with Crippen molar-refractivity contribution < 1.29 is 13.2 Å². The molecule has 0 atom stereocenters. The quantitative estimate of drug-likeness (QED) is 0.935. The summed E-state index contributed by atoms with van der Waals surface area (Å²) in [4.78, 5) is 13.3. The molecule has 22 heavy (non-hydrogen) atoms. The molecule has 0 aliphatic heterocycles. The van der Waals surface area contributed by atoms with Crippen LogP contribution in [0.5, 0.6) is 0 Å². The topological polar surface area (TPSA) is 87.0 Å². The van der Waals surface area contributed by atoms with Crippen molar-refractivity contribution in [2.24, 2.45) is 0 Å². The second-order valence-electron chi connectivity index (χ2n) is 4.85. The number of sulfone groups is 1. The van der Waals surface area contributed by atoms with Crippen LogP contribution in [0, 0.1) is 25.2 Å². The molecule has 2 aromatic rings. The van der Waals surface area contributed by atoms with Crippen LogP contribution in [-0.4, -0.2) is 20.6 Å².